The average Bonchev–Trinajstić information content (AvgIpc) is 3.21. The predicted molar refractivity (Wildman–Crippen MR) is 118 cm³/mol. The Morgan fingerprint density at radius 2 is 2.10 bits per heavy atom. The van der Waals surface area contributed by atoms with Crippen molar-refractivity contribution >= 4 is 23.6 Å². The van der Waals surface area contributed by atoms with E-state index in [0.717, 1.165) is 18.4 Å². The van der Waals surface area contributed by atoms with Gasteiger partial charge in [0.1, 0.15) is 6.04 Å². The van der Waals surface area contributed by atoms with Crippen molar-refractivity contribution in [3.05, 3.63) is 30.1 Å². The Balaban J connectivity index is 1.82. The summed E-state index contributed by atoms with van der Waals surface area (Å²) in [4.78, 5) is 34.6. The van der Waals surface area contributed by atoms with Crippen LogP contribution >= 0.6 is 11.8 Å². The van der Waals surface area contributed by atoms with E-state index in [0.29, 0.717) is 24.8 Å². The molecule has 2 aliphatic rings. The maximum Gasteiger partial charge on any atom is 0.246 e. The molecule has 1 aliphatic heterocycles. The van der Waals surface area contributed by atoms with Crippen molar-refractivity contribution in [1.29, 1.82) is 5.26 Å². The third kappa shape index (κ3) is 5.34. The Bertz CT molecular complexity index is 758. The van der Waals surface area contributed by atoms with Crippen LogP contribution in [0.2, 0.25) is 0 Å². The molecule has 1 aliphatic carbocycles. The van der Waals surface area contributed by atoms with Gasteiger partial charge in [0.25, 0.3) is 0 Å². The summed E-state index contributed by atoms with van der Waals surface area (Å²) in [5.74, 6) is 0.977. The van der Waals surface area contributed by atoms with E-state index in [4.69, 9.17) is 5.26 Å². The molecule has 0 radical (unpaired) electrons. The normalized spacial score (nSPS) is 22.1. The van der Waals surface area contributed by atoms with E-state index in [2.05, 4.69) is 11.1 Å². The Hall–Kier alpha value is -2.07. The number of nitriles is 1. The lowest BCUT2D eigenvalue weighted by Gasteiger charge is -2.37. The summed E-state index contributed by atoms with van der Waals surface area (Å²) in [6.07, 6.45) is 9.67. The Morgan fingerprint density at radius 1 is 1.33 bits per heavy atom. The minimum atomic E-state index is -0.452. The molecule has 2 unspecified atom stereocenters. The Labute approximate surface area is 184 Å². The summed E-state index contributed by atoms with van der Waals surface area (Å²) in [7, 11) is 0. The molecule has 2 fully saturated rings. The first-order valence-electron chi connectivity index (χ1n) is 11.0. The lowest BCUT2D eigenvalue weighted by Crippen LogP contribution is -2.53. The number of rotatable bonds is 7. The minimum absolute atomic E-state index is 0.0473. The number of carbonyl (C=O) groups excluding carboxylic acids is 2. The second-order valence-electron chi connectivity index (χ2n) is 8.57. The van der Waals surface area contributed by atoms with E-state index in [9.17, 15) is 9.59 Å². The quantitative estimate of drug-likeness (QED) is 0.660. The van der Waals surface area contributed by atoms with Crippen LogP contribution in [0.4, 0.5) is 0 Å². The van der Waals surface area contributed by atoms with Gasteiger partial charge in [-0.2, -0.15) is 5.26 Å². The molecule has 30 heavy (non-hydrogen) atoms. The molecule has 6 nitrogen and oxygen atoms in total. The third-order valence-electron chi connectivity index (χ3n) is 6.02. The van der Waals surface area contributed by atoms with Gasteiger partial charge in [0.2, 0.25) is 11.8 Å². The third-order valence-corrected chi connectivity index (χ3v) is 7.48. The Kier molecular flexibility index (Phi) is 8.15. The molecule has 0 N–H and O–H groups in total. The Morgan fingerprint density at radius 3 is 2.73 bits per heavy atom. The molecule has 1 saturated carbocycles. The molecule has 0 aromatic carbocycles. The van der Waals surface area contributed by atoms with Crippen molar-refractivity contribution in [2.45, 2.75) is 70.3 Å². The summed E-state index contributed by atoms with van der Waals surface area (Å²) in [5.41, 5.74) is 0.931. The van der Waals surface area contributed by atoms with Gasteiger partial charge in [-0.15, -0.1) is 11.8 Å². The fourth-order valence-electron chi connectivity index (χ4n) is 4.45. The molecule has 1 aromatic heterocycles. The van der Waals surface area contributed by atoms with Crippen LogP contribution in [0.3, 0.4) is 0 Å². The van der Waals surface area contributed by atoms with Crippen LogP contribution in [-0.2, 0) is 16.1 Å². The van der Waals surface area contributed by atoms with Crippen molar-refractivity contribution in [3.8, 4) is 6.07 Å². The summed E-state index contributed by atoms with van der Waals surface area (Å²) < 4.78 is 0. The summed E-state index contributed by atoms with van der Waals surface area (Å²) in [5, 5.41) is 9.17. The minimum Gasteiger partial charge on any atom is -0.335 e. The van der Waals surface area contributed by atoms with E-state index < -0.39 is 6.04 Å². The molecule has 3 rings (SSSR count). The van der Waals surface area contributed by atoms with Gasteiger partial charge < -0.3 is 9.80 Å². The zero-order valence-corrected chi connectivity index (χ0v) is 18.8. The van der Waals surface area contributed by atoms with Gasteiger partial charge in [0.15, 0.2) is 0 Å². The van der Waals surface area contributed by atoms with Gasteiger partial charge in [-0.25, -0.2) is 0 Å². The first-order valence-corrected chi connectivity index (χ1v) is 12.1. The molecule has 1 aromatic rings. The van der Waals surface area contributed by atoms with Gasteiger partial charge in [-0.05, 0) is 30.4 Å². The molecular formula is C23H32N4O2S. The van der Waals surface area contributed by atoms with Gasteiger partial charge in [0, 0.05) is 37.2 Å². The first-order chi connectivity index (χ1) is 14.5. The maximum atomic E-state index is 13.6. The van der Waals surface area contributed by atoms with E-state index >= 15 is 0 Å². The zero-order valence-electron chi connectivity index (χ0n) is 18.0. The predicted octanol–water partition coefficient (Wildman–Crippen LogP) is 3.83. The second kappa shape index (κ2) is 10.8. The van der Waals surface area contributed by atoms with Gasteiger partial charge in [-0.1, -0.05) is 39.2 Å². The highest BCUT2D eigenvalue weighted by atomic mass is 32.2. The van der Waals surface area contributed by atoms with Crippen LogP contribution in [0.1, 0.15) is 57.9 Å². The number of carbonyl (C=O) groups is 2. The lowest BCUT2D eigenvalue weighted by molar-refractivity contribution is -0.147. The smallest absolute Gasteiger partial charge is 0.246 e. The van der Waals surface area contributed by atoms with E-state index in [-0.39, 0.29) is 29.5 Å². The molecule has 1 saturated heterocycles. The van der Waals surface area contributed by atoms with Gasteiger partial charge in [-0.3, -0.25) is 14.6 Å². The van der Waals surface area contributed by atoms with Crippen LogP contribution < -0.4 is 0 Å². The second-order valence-corrected chi connectivity index (χ2v) is 9.72. The molecule has 0 bridgehead atoms. The highest BCUT2D eigenvalue weighted by Crippen LogP contribution is 2.41. The van der Waals surface area contributed by atoms with Crippen LogP contribution in [0.15, 0.2) is 24.5 Å². The lowest BCUT2D eigenvalue weighted by atomic mass is 9.88. The van der Waals surface area contributed by atoms with E-state index in [1.807, 2.05) is 30.9 Å². The maximum absolute atomic E-state index is 13.6. The van der Waals surface area contributed by atoms with Crippen LogP contribution in [0.5, 0.6) is 0 Å². The van der Waals surface area contributed by atoms with Crippen molar-refractivity contribution in [3.63, 3.8) is 0 Å². The summed E-state index contributed by atoms with van der Waals surface area (Å²) >= 11 is 1.77. The monoisotopic (exact) mass is 428 g/mol. The van der Waals surface area contributed by atoms with Gasteiger partial charge in [0.05, 0.1) is 17.9 Å². The average molecular weight is 429 g/mol. The van der Waals surface area contributed by atoms with Crippen molar-refractivity contribution in [2.24, 2.45) is 11.8 Å². The molecular weight excluding hydrogens is 396 g/mol. The van der Waals surface area contributed by atoms with Crippen molar-refractivity contribution < 1.29 is 9.59 Å². The molecule has 162 valence electrons. The van der Waals surface area contributed by atoms with Crippen molar-refractivity contribution in [2.75, 3.05) is 12.3 Å². The first kappa shape index (κ1) is 22.6. The number of pyridine rings is 1. The topological polar surface area (TPSA) is 77.3 Å². The molecule has 2 amide bonds. The molecule has 7 heteroatoms. The number of nitrogens with zero attached hydrogens (tertiary/aromatic N) is 4. The van der Waals surface area contributed by atoms with Crippen LogP contribution in [0, 0.1) is 23.2 Å². The van der Waals surface area contributed by atoms with Crippen LogP contribution in [-0.4, -0.2) is 50.3 Å². The van der Waals surface area contributed by atoms with E-state index in [1.54, 1.807) is 29.1 Å². The number of thioether (sulfide) groups is 1. The van der Waals surface area contributed by atoms with Gasteiger partial charge >= 0.3 is 0 Å². The largest absolute Gasteiger partial charge is 0.335 e. The zero-order chi connectivity index (χ0) is 21.5. The van der Waals surface area contributed by atoms with Crippen LogP contribution in [0.25, 0.3) is 0 Å². The van der Waals surface area contributed by atoms with Crippen molar-refractivity contribution in [1.82, 2.24) is 14.8 Å². The number of aromatic nitrogens is 1. The highest BCUT2D eigenvalue weighted by Gasteiger charge is 2.46. The fourth-order valence-corrected chi connectivity index (χ4v) is 6.09. The van der Waals surface area contributed by atoms with E-state index in [1.165, 1.54) is 19.3 Å². The number of hydrogen-bond acceptors (Lipinski definition) is 5. The molecule has 2 atom stereocenters. The molecule has 2 heterocycles. The summed E-state index contributed by atoms with van der Waals surface area (Å²) in [6.45, 7) is 4.60. The number of amides is 2. The fraction of sp³-hybridized carbons (Fsp3) is 0.652. The number of hydrogen-bond donors (Lipinski definition) is 0. The molecule has 0 spiro atoms. The summed E-state index contributed by atoms with van der Waals surface area (Å²) in [6, 6.07) is 5.48. The standard InChI is InChI=1S/C23H32N4O2S/c1-17(2)21(28)27-20(16-30-23(27)19-9-4-3-5-10-19)22(29)26(13-7-11-24)15-18-8-6-12-25-14-18/h6,8,12,14,17,19-20,23H,3-5,7,9-10,13,15-16H2,1-2H3. The SMILES string of the molecule is CC(C)C(=O)N1C(C(=O)N(CCC#N)Cc2cccnc2)CSC1C1CCCCC1. The highest BCUT2D eigenvalue weighted by molar-refractivity contribution is 8.00.